The summed E-state index contributed by atoms with van der Waals surface area (Å²) in [5.41, 5.74) is 5.35. The molecule has 0 radical (unpaired) electrons. The van der Waals surface area contributed by atoms with Crippen LogP contribution in [0, 0.1) is 5.92 Å². The molecule has 1 aromatic rings. The molecule has 1 aromatic carbocycles. The fourth-order valence-corrected chi connectivity index (χ4v) is 3.64. The molecule has 144 valence electrons. The van der Waals surface area contributed by atoms with Crippen molar-refractivity contribution in [2.24, 2.45) is 11.7 Å². The van der Waals surface area contributed by atoms with E-state index in [9.17, 15) is 18.0 Å². The molecule has 26 heavy (non-hydrogen) atoms. The molecular weight excluding hydrogens is 362 g/mol. The van der Waals surface area contributed by atoms with Gasteiger partial charge in [-0.2, -0.15) is 0 Å². The van der Waals surface area contributed by atoms with Gasteiger partial charge in [0, 0.05) is 25.6 Å². The Bertz CT molecular complexity index is 765. The number of rotatable bonds is 8. The Morgan fingerprint density at radius 1 is 1.35 bits per heavy atom. The van der Waals surface area contributed by atoms with E-state index in [2.05, 4.69) is 5.32 Å². The lowest BCUT2D eigenvalue weighted by molar-refractivity contribution is -0.119. The summed E-state index contributed by atoms with van der Waals surface area (Å²) >= 11 is 0. The number of hydrogen-bond acceptors (Lipinski definition) is 6. The molecule has 2 rings (SSSR count). The Morgan fingerprint density at radius 2 is 2.08 bits per heavy atom. The van der Waals surface area contributed by atoms with Gasteiger partial charge in [0.15, 0.2) is 6.61 Å². The van der Waals surface area contributed by atoms with E-state index in [-0.39, 0.29) is 37.4 Å². The van der Waals surface area contributed by atoms with Crippen LogP contribution in [0.3, 0.4) is 0 Å². The van der Waals surface area contributed by atoms with Crippen LogP contribution in [0.5, 0.6) is 5.75 Å². The van der Waals surface area contributed by atoms with E-state index in [0.717, 1.165) is 4.31 Å². The Kier molecular flexibility index (Phi) is 6.57. The van der Waals surface area contributed by atoms with Crippen LogP contribution >= 0.6 is 0 Å². The third kappa shape index (κ3) is 5.41. The minimum Gasteiger partial charge on any atom is -0.484 e. The Morgan fingerprint density at radius 3 is 2.73 bits per heavy atom. The lowest BCUT2D eigenvalue weighted by Crippen LogP contribution is -2.43. The van der Waals surface area contributed by atoms with Crippen molar-refractivity contribution in [1.82, 2.24) is 9.62 Å². The number of primary amides is 1. The van der Waals surface area contributed by atoms with E-state index in [4.69, 9.17) is 15.2 Å². The number of nitrogens with two attached hydrogens (primary N) is 1. The van der Waals surface area contributed by atoms with Crippen LogP contribution in [0.1, 0.15) is 10.4 Å². The first-order valence-electron chi connectivity index (χ1n) is 7.99. The third-order valence-electron chi connectivity index (χ3n) is 3.97. The highest BCUT2D eigenvalue weighted by Gasteiger charge is 2.34. The number of benzene rings is 1. The van der Waals surface area contributed by atoms with Gasteiger partial charge in [-0.05, 0) is 18.2 Å². The molecular formula is C16H23N3O6S. The molecule has 1 fully saturated rings. The topological polar surface area (TPSA) is 128 Å². The molecule has 0 aromatic heterocycles. The Balaban J connectivity index is 2.02. The number of hydrogen-bond donors (Lipinski definition) is 2. The van der Waals surface area contributed by atoms with Crippen molar-refractivity contribution in [3.63, 3.8) is 0 Å². The van der Waals surface area contributed by atoms with Gasteiger partial charge in [-0.3, -0.25) is 9.59 Å². The van der Waals surface area contributed by atoms with Crippen molar-refractivity contribution in [2.75, 3.05) is 39.7 Å². The van der Waals surface area contributed by atoms with Gasteiger partial charge >= 0.3 is 0 Å². The number of nitrogens with one attached hydrogen (secondary N) is 1. The summed E-state index contributed by atoms with van der Waals surface area (Å²) in [6.07, 6.45) is 0. The number of amides is 2. The van der Waals surface area contributed by atoms with Gasteiger partial charge in [-0.15, -0.1) is 0 Å². The summed E-state index contributed by atoms with van der Waals surface area (Å²) in [4.78, 5) is 23.2. The minimum atomic E-state index is -3.40. The van der Waals surface area contributed by atoms with Gasteiger partial charge in [-0.1, -0.05) is 6.07 Å². The zero-order valence-corrected chi connectivity index (χ0v) is 15.5. The number of nitrogens with zero attached hydrogens (tertiary/aromatic N) is 1. The van der Waals surface area contributed by atoms with Crippen molar-refractivity contribution in [2.45, 2.75) is 6.04 Å². The molecule has 2 atom stereocenters. The minimum absolute atomic E-state index is 0.104. The first kappa shape index (κ1) is 20.1. The molecule has 0 bridgehead atoms. The molecule has 10 heteroatoms. The quantitative estimate of drug-likeness (QED) is 0.602. The average molecular weight is 385 g/mol. The summed E-state index contributed by atoms with van der Waals surface area (Å²) in [6.45, 7) is 0.225. The zero-order valence-electron chi connectivity index (χ0n) is 14.7. The SMILES string of the molecule is CN(C)S(=O)(=O)C[C@@H]1COC[C@@H]1NC(=O)c1cccc(OCC(N)=O)c1. The predicted molar refractivity (Wildman–Crippen MR) is 94.2 cm³/mol. The second kappa shape index (κ2) is 8.47. The van der Waals surface area contributed by atoms with Crippen LogP contribution in [0.2, 0.25) is 0 Å². The van der Waals surface area contributed by atoms with E-state index < -0.39 is 22.0 Å². The first-order chi connectivity index (χ1) is 12.2. The summed E-state index contributed by atoms with van der Waals surface area (Å²) < 4.78 is 35.8. The maximum absolute atomic E-state index is 12.5. The number of carbonyl (C=O) groups excluding carboxylic acids is 2. The number of carbonyl (C=O) groups is 2. The molecule has 0 unspecified atom stereocenters. The van der Waals surface area contributed by atoms with Gasteiger partial charge in [0.1, 0.15) is 5.75 Å². The largest absolute Gasteiger partial charge is 0.484 e. The molecule has 0 saturated carbocycles. The zero-order chi connectivity index (χ0) is 19.3. The van der Waals surface area contributed by atoms with E-state index >= 15 is 0 Å². The lowest BCUT2D eigenvalue weighted by Gasteiger charge is -2.21. The molecule has 9 nitrogen and oxygen atoms in total. The maximum Gasteiger partial charge on any atom is 0.255 e. The first-order valence-corrected chi connectivity index (χ1v) is 9.60. The number of ether oxygens (including phenoxy) is 2. The second-order valence-corrected chi connectivity index (χ2v) is 8.45. The van der Waals surface area contributed by atoms with Gasteiger partial charge in [-0.25, -0.2) is 12.7 Å². The summed E-state index contributed by atoms with van der Waals surface area (Å²) in [7, 11) is -0.462. The van der Waals surface area contributed by atoms with Crippen molar-refractivity contribution in [1.29, 1.82) is 0 Å². The average Bonchev–Trinajstić information content (AvgIpc) is 2.99. The molecule has 2 amide bonds. The summed E-state index contributed by atoms with van der Waals surface area (Å²) in [5, 5.41) is 2.80. The fraction of sp³-hybridized carbons (Fsp3) is 0.500. The van der Waals surface area contributed by atoms with E-state index in [1.54, 1.807) is 18.2 Å². The highest BCUT2D eigenvalue weighted by molar-refractivity contribution is 7.89. The molecule has 1 heterocycles. The van der Waals surface area contributed by atoms with Gasteiger partial charge in [0.25, 0.3) is 11.8 Å². The van der Waals surface area contributed by atoms with Gasteiger partial charge in [0.2, 0.25) is 10.0 Å². The monoisotopic (exact) mass is 385 g/mol. The van der Waals surface area contributed by atoms with Crippen LogP contribution in [-0.2, 0) is 19.6 Å². The third-order valence-corrected chi connectivity index (χ3v) is 5.94. The van der Waals surface area contributed by atoms with Crippen molar-refractivity contribution < 1.29 is 27.5 Å². The highest BCUT2D eigenvalue weighted by Crippen LogP contribution is 2.19. The normalized spacial score (nSPS) is 20.1. The molecule has 1 aliphatic rings. The molecule has 0 aliphatic carbocycles. The smallest absolute Gasteiger partial charge is 0.255 e. The van der Waals surface area contributed by atoms with Crippen LogP contribution in [-0.4, -0.2) is 70.2 Å². The van der Waals surface area contributed by atoms with E-state index in [1.807, 2.05) is 0 Å². The van der Waals surface area contributed by atoms with Crippen molar-refractivity contribution in [3.8, 4) is 5.75 Å². The van der Waals surface area contributed by atoms with Gasteiger partial charge < -0.3 is 20.5 Å². The molecule has 3 N–H and O–H groups in total. The number of sulfonamides is 1. The van der Waals surface area contributed by atoms with Crippen molar-refractivity contribution in [3.05, 3.63) is 29.8 Å². The van der Waals surface area contributed by atoms with E-state index in [1.165, 1.54) is 20.2 Å². The molecule has 1 aliphatic heterocycles. The Labute approximate surface area is 152 Å². The molecule has 1 saturated heterocycles. The lowest BCUT2D eigenvalue weighted by atomic mass is 10.1. The summed E-state index contributed by atoms with van der Waals surface area (Å²) in [6, 6.07) is 5.88. The van der Waals surface area contributed by atoms with Crippen LogP contribution in [0.25, 0.3) is 0 Å². The standard InChI is InChI=1S/C16H23N3O6S/c1-19(2)26(22,23)10-12-7-24-8-14(12)18-16(21)11-4-3-5-13(6-11)25-9-15(17)20/h3-6,12,14H,7-10H2,1-2H3,(H2,17,20)(H,18,21)/t12-,14-/m0/s1. The van der Waals surface area contributed by atoms with Crippen LogP contribution < -0.4 is 15.8 Å². The Hall–Kier alpha value is -2.17. The second-order valence-electron chi connectivity index (χ2n) is 6.22. The van der Waals surface area contributed by atoms with Crippen LogP contribution in [0.4, 0.5) is 0 Å². The van der Waals surface area contributed by atoms with Gasteiger partial charge in [0.05, 0.1) is 25.0 Å². The molecule has 0 spiro atoms. The van der Waals surface area contributed by atoms with Crippen molar-refractivity contribution >= 4 is 21.8 Å². The highest BCUT2D eigenvalue weighted by atomic mass is 32.2. The fourth-order valence-electron chi connectivity index (χ4n) is 2.48. The van der Waals surface area contributed by atoms with Crippen LogP contribution in [0.15, 0.2) is 24.3 Å². The maximum atomic E-state index is 12.5. The predicted octanol–water partition coefficient (Wildman–Crippen LogP) is -0.813. The van der Waals surface area contributed by atoms with E-state index in [0.29, 0.717) is 11.3 Å². The summed E-state index contributed by atoms with van der Waals surface area (Å²) in [5.74, 6) is -1.09.